The lowest BCUT2D eigenvalue weighted by Gasteiger charge is -2.21. The van der Waals surface area contributed by atoms with Gasteiger partial charge in [0.15, 0.2) is 17.1 Å². The van der Waals surface area contributed by atoms with E-state index in [1.54, 1.807) is 0 Å². The van der Waals surface area contributed by atoms with Crippen molar-refractivity contribution in [2.75, 3.05) is 13.2 Å². The van der Waals surface area contributed by atoms with Gasteiger partial charge in [0.25, 0.3) is 0 Å². The number of ether oxygens (including phenoxy) is 2. The van der Waals surface area contributed by atoms with Gasteiger partial charge in [-0.05, 0) is 20.3 Å². The fourth-order valence-corrected chi connectivity index (χ4v) is 2.08. The van der Waals surface area contributed by atoms with Crippen LogP contribution in [0.3, 0.4) is 0 Å². The number of esters is 1. The van der Waals surface area contributed by atoms with E-state index < -0.39 is 46.6 Å². The summed E-state index contributed by atoms with van der Waals surface area (Å²) in [5.74, 6) is -2.28. The Hall–Kier alpha value is -2.00. The topological polar surface area (TPSA) is 48.4 Å². The summed E-state index contributed by atoms with van der Waals surface area (Å²) in [4.78, 5) is 14.6. The quantitative estimate of drug-likeness (QED) is 0.582. The summed E-state index contributed by atoms with van der Waals surface area (Å²) in [5, 5.41) is 0. The highest BCUT2D eigenvalue weighted by atomic mass is 19.4. The molecule has 10 heteroatoms. The van der Waals surface area contributed by atoms with E-state index >= 15 is 0 Å². The van der Waals surface area contributed by atoms with Crippen molar-refractivity contribution in [3.8, 4) is 5.75 Å². The maximum Gasteiger partial charge on any atom is 0.437 e. The third-order valence-corrected chi connectivity index (χ3v) is 2.91. The fraction of sp³-hybridized carbons (Fsp3) is 0.571. The summed E-state index contributed by atoms with van der Waals surface area (Å²) in [7, 11) is 0. The van der Waals surface area contributed by atoms with Crippen LogP contribution in [0.1, 0.15) is 48.1 Å². The minimum Gasteiger partial charge on any atom is -0.491 e. The number of carbonyl (C=O) groups excluding carboxylic acids is 1. The molecule has 0 radical (unpaired) electrons. The normalized spacial score (nSPS) is 12.2. The SMILES string of the molecule is CCOC(=O)c1c(C(F)(F)F)nc(C(F)(F)F)c(OCC)c1CC. The van der Waals surface area contributed by atoms with Crippen molar-refractivity contribution in [1.82, 2.24) is 4.98 Å². The Bertz CT molecular complexity index is 610. The number of nitrogens with zero attached hydrogens (tertiary/aromatic N) is 1. The van der Waals surface area contributed by atoms with Gasteiger partial charge in [0.1, 0.15) is 0 Å². The maximum absolute atomic E-state index is 13.2. The van der Waals surface area contributed by atoms with Crippen LogP contribution < -0.4 is 4.74 Å². The molecule has 0 aliphatic heterocycles. The summed E-state index contributed by atoms with van der Waals surface area (Å²) in [6.07, 6.45) is -10.8. The van der Waals surface area contributed by atoms with Gasteiger partial charge in [0.05, 0.1) is 18.8 Å². The molecule has 1 aromatic heterocycles. The van der Waals surface area contributed by atoms with E-state index in [0.717, 1.165) is 0 Å². The molecule has 0 fully saturated rings. The van der Waals surface area contributed by atoms with Crippen LogP contribution in [0.2, 0.25) is 0 Å². The smallest absolute Gasteiger partial charge is 0.437 e. The van der Waals surface area contributed by atoms with Crippen molar-refractivity contribution in [2.24, 2.45) is 0 Å². The monoisotopic (exact) mass is 359 g/mol. The van der Waals surface area contributed by atoms with Gasteiger partial charge in [-0.1, -0.05) is 6.92 Å². The summed E-state index contributed by atoms with van der Waals surface area (Å²) >= 11 is 0. The number of hydrogen-bond acceptors (Lipinski definition) is 4. The van der Waals surface area contributed by atoms with Crippen molar-refractivity contribution < 1.29 is 40.6 Å². The molecular formula is C14H15F6NO3. The van der Waals surface area contributed by atoms with E-state index in [2.05, 4.69) is 9.72 Å². The summed E-state index contributed by atoms with van der Waals surface area (Å²) in [5.41, 5.74) is -5.34. The van der Waals surface area contributed by atoms with E-state index in [-0.39, 0.29) is 19.6 Å². The van der Waals surface area contributed by atoms with Crippen LogP contribution in [0.4, 0.5) is 26.3 Å². The van der Waals surface area contributed by atoms with Crippen molar-refractivity contribution in [1.29, 1.82) is 0 Å². The third kappa shape index (κ3) is 4.09. The molecule has 0 amide bonds. The van der Waals surface area contributed by atoms with E-state index in [1.807, 2.05) is 0 Å². The van der Waals surface area contributed by atoms with Gasteiger partial charge in [0, 0.05) is 5.56 Å². The molecule has 136 valence electrons. The van der Waals surface area contributed by atoms with Gasteiger partial charge >= 0.3 is 18.3 Å². The standard InChI is InChI=1S/C14H15F6NO3/c1-4-7-8(12(22)24-6-3)10(13(15,16)17)21-11(14(18,19)20)9(7)23-5-2/h4-6H2,1-3H3. The first kappa shape index (κ1) is 20.0. The van der Waals surface area contributed by atoms with Gasteiger partial charge in [0.2, 0.25) is 0 Å². The molecule has 1 aromatic rings. The molecule has 0 N–H and O–H groups in total. The number of rotatable bonds is 5. The maximum atomic E-state index is 13.2. The second-order valence-corrected chi connectivity index (χ2v) is 4.49. The second-order valence-electron chi connectivity index (χ2n) is 4.49. The Kier molecular flexibility index (Phi) is 6.07. The number of alkyl halides is 6. The fourth-order valence-electron chi connectivity index (χ4n) is 2.08. The lowest BCUT2D eigenvalue weighted by Crippen LogP contribution is -2.24. The molecule has 0 saturated heterocycles. The predicted octanol–water partition coefficient (Wildman–Crippen LogP) is 4.26. The van der Waals surface area contributed by atoms with Gasteiger partial charge in [-0.3, -0.25) is 0 Å². The highest BCUT2D eigenvalue weighted by molar-refractivity contribution is 5.93. The minimum absolute atomic E-state index is 0.245. The van der Waals surface area contributed by atoms with Crippen LogP contribution in [-0.4, -0.2) is 24.2 Å². The predicted molar refractivity (Wildman–Crippen MR) is 70.7 cm³/mol. The third-order valence-electron chi connectivity index (χ3n) is 2.91. The molecule has 0 aliphatic rings. The zero-order valence-corrected chi connectivity index (χ0v) is 13.1. The summed E-state index contributed by atoms with van der Waals surface area (Å²) in [6, 6.07) is 0. The number of hydrogen-bond donors (Lipinski definition) is 0. The van der Waals surface area contributed by atoms with Gasteiger partial charge < -0.3 is 9.47 Å². The number of aromatic nitrogens is 1. The van der Waals surface area contributed by atoms with Crippen LogP contribution in [-0.2, 0) is 23.5 Å². The molecular weight excluding hydrogens is 344 g/mol. The molecule has 0 unspecified atom stereocenters. The molecule has 0 saturated carbocycles. The van der Waals surface area contributed by atoms with Crippen LogP contribution >= 0.6 is 0 Å². The van der Waals surface area contributed by atoms with Gasteiger partial charge in [-0.15, -0.1) is 0 Å². The molecule has 4 nitrogen and oxygen atoms in total. The summed E-state index contributed by atoms with van der Waals surface area (Å²) < 4.78 is 88.3. The van der Waals surface area contributed by atoms with Gasteiger partial charge in [-0.2, -0.15) is 26.3 Å². The zero-order chi connectivity index (χ0) is 18.7. The lowest BCUT2D eigenvalue weighted by molar-refractivity contribution is -0.151. The highest BCUT2D eigenvalue weighted by Gasteiger charge is 2.46. The lowest BCUT2D eigenvalue weighted by atomic mass is 10.00. The molecule has 0 spiro atoms. The average Bonchev–Trinajstić information content (AvgIpc) is 2.44. The van der Waals surface area contributed by atoms with Crippen molar-refractivity contribution in [3.63, 3.8) is 0 Å². The van der Waals surface area contributed by atoms with E-state index in [0.29, 0.717) is 0 Å². The zero-order valence-electron chi connectivity index (χ0n) is 13.1. The highest BCUT2D eigenvalue weighted by Crippen LogP contribution is 2.43. The van der Waals surface area contributed by atoms with Crippen molar-refractivity contribution in [2.45, 2.75) is 39.5 Å². The Morgan fingerprint density at radius 2 is 1.50 bits per heavy atom. The minimum atomic E-state index is -5.27. The molecule has 0 atom stereocenters. The largest absolute Gasteiger partial charge is 0.491 e. The van der Waals surface area contributed by atoms with E-state index in [4.69, 9.17) is 4.74 Å². The van der Waals surface area contributed by atoms with Gasteiger partial charge in [-0.25, -0.2) is 9.78 Å². The second kappa shape index (κ2) is 7.27. The first-order chi connectivity index (χ1) is 11.0. The van der Waals surface area contributed by atoms with Crippen LogP contribution in [0.5, 0.6) is 5.75 Å². The molecule has 1 rings (SSSR count). The first-order valence-electron chi connectivity index (χ1n) is 7.00. The van der Waals surface area contributed by atoms with E-state index in [9.17, 15) is 31.1 Å². The van der Waals surface area contributed by atoms with Crippen molar-refractivity contribution in [3.05, 3.63) is 22.5 Å². The van der Waals surface area contributed by atoms with Crippen molar-refractivity contribution >= 4 is 5.97 Å². The Morgan fingerprint density at radius 1 is 0.958 bits per heavy atom. The summed E-state index contributed by atoms with van der Waals surface area (Å²) in [6.45, 7) is 3.54. The Labute approximate surface area is 133 Å². The first-order valence-corrected chi connectivity index (χ1v) is 7.00. The number of pyridine rings is 1. The number of halogens is 6. The Balaban J connectivity index is 3.91. The van der Waals surface area contributed by atoms with Crippen LogP contribution in [0, 0.1) is 0 Å². The Morgan fingerprint density at radius 3 is 1.88 bits per heavy atom. The molecule has 24 heavy (non-hydrogen) atoms. The van der Waals surface area contributed by atoms with Crippen LogP contribution in [0.25, 0.3) is 0 Å². The number of carbonyl (C=O) groups is 1. The molecule has 0 aliphatic carbocycles. The average molecular weight is 359 g/mol. The molecule has 1 heterocycles. The van der Waals surface area contributed by atoms with E-state index in [1.165, 1.54) is 20.8 Å². The van der Waals surface area contributed by atoms with Crippen LogP contribution in [0.15, 0.2) is 0 Å². The molecule has 0 aromatic carbocycles. The molecule has 0 bridgehead atoms.